The summed E-state index contributed by atoms with van der Waals surface area (Å²) in [5.74, 6) is 0. The molecule has 0 spiro atoms. The molecule has 4 heteroatoms. The third kappa shape index (κ3) is 1.81. The SMILES string of the molecule is COCCc1c[nH]c2cc(Br)ncc12. The highest BCUT2D eigenvalue weighted by Crippen LogP contribution is 2.20. The van der Waals surface area contributed by atoms with Crippen LogP contribution in [-0.4, -0.2) is 23.7 Å². The van der Waals surface area contributed by atoms with Crippen molar-refractivity contribution in [3.05, 3.63) is 28.6 Å². The van der Waals surface area contributed by atoms with Gasteiger partial charge in [0.2, 0.25) is 0 Å². The monoisotopic (exact) mass is 254 g/mol. The fourth-order valence-electron chi connectivity index (χ4n) is 1.47. The van der Waals surface area contributed by atoms with Crippen molar-refractivity contribution in [2.24, 2.45) is 0 Å². The molecule has 0 atom stereocenters. The third-order valence-electron chi connectivity index (χ3n) is 2.19. The summed E-state index contributed by atoms with van der Waals surface area (Å²) in [7, 11) is 1.71. The zero-order chi connectivity index (χ0) is 9.97. The first-order chi connectivity index (χ1) is 6.81. The molecular formula is C10H11BrN2O. The lowest BCUT2D eigenvalue weighted by Gasteiger charge is -1.97. The minimum atomic E-state index is 0.739. The van der Waals surface area contributed by atoms with Crippen molar-refractivity contribution in [1.82, 2.24) is 9.97 Å². The molecule has 0 fully saturated rings. The van der Waals surface area contributed by atoms with Crippen LogP contribution < -0.4 is 0 Å². The van der Waals surface area contributed by atoms with E-state index in [1.807, 2.05) is 18.5 Å². The number of hydrogen-bond donors (Lipinski definition) is 1. The van der Waals surface area contributed by atoms with Crippen LogP contribution in [0.15, 0.2) is 23.1 Å². The Morgan fingerprint density at radius 3 is 3.21 bits per heavy atom. The Balaban J connectivity index is 2.37. The van der Waals surface area contributed by atoms with Gasteiger partial charge in [-0.3, -0.25) is 0 Å². The molecule has 3 nitrogen and oxygen atoms in total. The Bertz CT molecular complexity index is 439. The second kappa shape index (κ2) is 4.11. The van der Waals surface area contributed by atoms with E-state index in [1.165, 1.54) is 10.9 Å². The van der Waals surface area contributed by atoms with Gasteiger partial charge in [0.1, 0.15) is 4.60 Å². The lowest BCUT2D eigenvalue weighted by molar-refractivity contribution is 0.202. The van der Waals surface area contributed by atoms with Crippen molar-refractivity contribution in [1.29, 1.82) is 0 Å². The fourth-order valence-corrected chi connectivity index (χ4v) is 1.80. The summed E-state index contributed by atoms with van der Waals surface area (Å²) >= 11 is 3.34. The molecule has 0 aliphatic carbocycles. The molecule has 2 heterocycles. The number of halogens is 1. The van der Waals surface area contributed by atoms with Gasteiger partial charge in [0, 0.05) is 30.4 Å². The van der Waals surface area contributed by atoms with E-state index in [2.05, 4.69) is 25.9 Å². The summed E-state index contributed by atoms with van der Waals surface area (Å²) < 4.78 is 5.90. The Labute approximate surface area is 90.6 Å². The number of hydrogen-bond acceptors (Lipinski definition) is 2. The van der Waals surface area contributed by atoms with Gasteiger partial charge in [-0.25, -0.2) is 4.98 Å². The van der Waals surface area contributed by atoms with Crippen LogP contribution in [0.2, 0.25) is 0 Å². The van der Waals surface area contributed by atoms with Crippen molar-refractivity contribution >= 4 is 26.8 Å². The summed E-state index contributed by atoms with van der Waals surface area (Å²) in [4.78, 5) is 7.42. The number of methoxy groups -OCH3 is 1. The zero-order valence-electron chi connectivity index (χ0n) is 7.88. The quantitative estimate of drug-likeness (QED) is 0.856. The number of fused-ring (bicyclic) bond motifs is 1. The van der Waals surface area contributed by atoms with E-state index in [9.17, 15) is 0 Å². The predicted octanol–water partition coefficient (Wildman–Crippen LogP) is 2.51. The van der Waals surface area contributed by atoms with Crippen LogP contribution in [0.5, 0.6) is 0 Å². The number of ether oxygens (including phenoxy) is 1. The summed E-state index contributed by atoms with van der Waals surface area (Å²) in [6, 6.07) is 1.98. The number of aromatic nitrogens is 2. The largest absolute Gasteiger partial charge is 0.384 e. The number of aromatic amines is 1. The topological polar surface area (TPSA) is 37.9 Å². The maximum absolute atomic E-state index is 5.04. The average molecular weight is 255 g/mol. The van der Waals surface area contributed by atoms with Crippen LogP contribution in [0, 0.1) is 0 Å². The molecule has 14 heavy (non-hydrogen) atoms. The molecule has 0 saturated heterocycles. The molecule has 1 N–H and O–H groups in total. The van der Waals surface area contributed by atoms with Crippen molar-refractivity contribution in [3.63, 3.8) is 0 Å². The molecule has 2 aromatic rings. The predicted molar refractivity (Wildman–Crippen MR) is 59.4 cm³/mol. The van der Waals surface area contributed by atoms with Gasteiger partial charge in [-0.05, 0) is 34.0 Å². The average Bonchev–Trinajstić information content (AvgIpc) is 2.57. The van der Waals surface area contributed by atoms with E-state index in [4.69, 9.17) is 4.74 Å². The molecule has 2 rings (SSSR count). The van der Waals surface area contributed by atoms with E-state index in [-0.39, 0.29) is 0 Å². The molecule has 74 valence electrons. The lowest BCUT2D eigenvalue weighted by atomic mass is 10.2. The molecule has 0 unspecified atom stereocenters. The van der Waals surface area contributed by atoms with Gasteiger partial charge < -0.3 is 9.72 Å². The van der Waals surface area contributed by atoms with Gasteiger partial charge in [-0.2, -0.15) is 0 Å². The molecule has 0 aliphatic heterocycles. The van der Waals surface area contributed by atoms with Gasteiger partial charge in [-0.1, -0.05) is 0 Å². The van der Waals surface area contributed by atoms with E-state index < -0.39 is 0 Å². The summed E-state index contributed by atoms with van der Waals surface area (Å²) in [5.41, 5.74) is 2.36. The van der Waals surface area contributed by atoms with Crippen molar-refractivity contribution in [3.8, 4) is 0 Å². The van der Waals surface area contributed by atoms with E-state index in [0.29, 0.717) is 0 Å². The van der Waals surface area contributed by atoms with Crippen LogP contribution in [0.3, 0.4) is 0 Å². The molecule has 0 aliphatic rings. The number of nitrogens with zero attached hydrogens (tertiary/aromatic N) is 1. The Morgan fingerprint density at radius 1 is 1.57 bits per heavy atom. The van der Waals surface area contributed by atoms with Gasteiger partial charge in [0.05, 0.1) is 6.61 Å². The highest BCUT2D eigenvalue weighted by Gasteiger charge is 2.03. The molecular weight excluding hydrogens is 244 g/mol. The normalized spacial score (nSPS) is 11.0. The molecule has 0 amide bonds. The second-order valence-electron chi connectivity index (χ2n) is 3.11. The number of nitrogens with one attached hydrogen (secondary N) is 1. The molecule has 0 saturated carbocycles. The fraction of sp³-hybridized carbons (Fsp3) is 0.300. The Hall–Kier alpha value is -0.870. The number of rotatable bonds is 3. The van der Waals surface area contributed by atoms with Crippen LogP contribution >= 0.6 is 15.9 Å². The summed E-state index contributed by atoms with van der Waals surface area (Å²) in [5, 5.41) is 1.17. The number of pyridine rings is 1. The summed E-state index contributed by atoms with van der Waals surface area (Å²) in [6.07, 6.45) is 4.80. The second-order valence-corrected chi connectivity index (χ2v) is 3.92. The minimum absolute atomic E-state index is 0.739. The van der Waals surface area contributed by atoms with Crippen molar-refractivity contribution < 1.29 is 4.74 Å². The van der Waals surface area contributed by atoms with Crippen LogP contribution in [-0.2, 0) is 11.2 Å². The van der Waals surface area contributed by atoms with Gasteiger partial charge in [0.15, 0.2) is 0 Å². The molecule has 0 aromatic carbocycles. The smallest absolute Gasteiger partial charge is 0.108 e. The minimum Gasteiger partial charge on any atom is -0.384 e. The van der Waals surface area contributed by atoms with E-state index in [1.54, 1.807) is 7.11 Å². The number of H-pyrrole nitrogens is 1. The first-order valence-electron chi connectivity index (χ1n) is 4.41. The van der Waals surface area contributed by atoms with Gasteiger partial charge >= 0.3 is 0 Å². The first-order valence-corrected chi connectivity index (χ1v) is 5.21. The van der Waals surface area contributed by atoms with E-state index >= 15 is 0 Å². The van der Waals surface area contributed by atoms with E-state index in [0.717, 1.165) is 23.1 Å². The van der Waals surface area contributed by atoms with Crippen molar-refractivity contribution in [2.45, 2.75) is 6.42 Å². The maximum atomic E-state index is 5.04. The van der Waals surface area contributed by atoms with Crippen molar-refractivity contribution in [2.75, 3.05) is 13.7 Å². The highest BCUT2D eigenvalue weighted by atomic mass is 79.9. The van der Waals surface area contributed by atoms with Crippen LogP contribution in [0.4, 0.5) is 0 Å². The molecule has 0 bridgehead atoms. The lowest BCUT2D eigenvalue weighted by Crippen LogP contribution is -1.92. The van der Waals surface area contributed by atoms with Crippen LogP contribution in [0.25, 0.3) is 10.9 Å². The molecule has 0 radical (unpaired) electrons. The maximum Gasteiger partial charge on any atom is 0.108 e. The highest BCUT2D eigenvalue weighted by molar-refractivity contribution is 9.10. The first kappa shape index (κ1) is 9.68. The van der Waals surface area contributed by atoms with Crippen LogP contribution in [0.1, 0.15) is 5.56 Å². The summed E-state index contributed by atoms with van der Waals surface area (Å²) in [6.45, 7) is 0.739. The standard InChI is InChI=1S/C10H11BrN2O/c1-14-3-2-7-5-12-9-4-10(11)13-6-8(7)9/h4-6,12H,2-3H2,1H3. The zero-order valence-corrected chi connectivity index (χ0v) is 9.47. The molecule has 2 aromatic heterocycles. The van der Waals surface area contributed by atoms with Gasteiger partial charge in [0.25, 0.3) is 0 Å². The Morgan fingerprint density at radius 2 is 2.43 bits per heavy atom. The van der Waals surface area contributed by atoms with Gasteiger partial charge in [-0.15, -0.1) is 0 Å². The Kier molecular flexibility index (Phi) is 2.84. The third-order valence-corrected chi connectivity index (χ3v) is 2.63.